The largest absolute Gasteiger partial charge is 0.450 e. The van der Waals surface area contributed by atoms with Gasteiger partial charge in [0.15, 0.2) is 0 Å². The van der Waals surface area contributed by atoms with Crippen molar-refractivity contribution >= 4 is 6.09 Å². The van der Waals surface area contributed by atoms with Crippen LogP contribution in [0.25, 0.3) is 0 Å². The topological polar surface area (TPSA) is 38.3 Å². The number of nitrogens with one attached hydrogen (secondary N) is 1. The number of alkyl carbamates (subject to hydrolysis) is 1. The van der Waals surface area contributed by atoms with Crippen molar-refractivity contribution in [1.29, 1.82) is 0 Å². The van der Waals surface area contributed by atoms with E-state index in [9.17, 15) is 13.6 Å². The molecule has 0 unspecified atom stereocenters. The minimum atomic E-state index is -2.62. The summed E-state index contributed by atoms with van der Waals surface area (Å²) < 4.78 is 29.9. The number of amides is 1. The fourth-order valence-corrected chi connectivity index (χ4v) is 1.41. The summed E-state index contributed by atoms with van der Waals surface area (Å²) in [6.07, 6.45) is -0.702. The molecule has 1 amide bonds. The molecule has 1 aliphatic rings. The molecule has 13 heavy (non-hydrogen) atoms. The monoisotopic (exact) mass is 193 g/mol. The van der Waals surface area contributed by atoms with Crippen LogP contribution in [0.15, 0.2) is 0 Å². The maximum absolute atomic E-state index is 12.6. The standard InChI is InChI=1S/C8H13F2NO2/c1-2-13-7(12)11-6-3-4-8(9,10)5-6/h6H,2-5H2,1H3,(H,11,12)/t6-/m1/s1. The van der Waals surface area contributed by atoms with E-state index in [4.69, 9.17) is 0 Å². The van der Waals surface area contributed by atoms with Gasteiger partial charge in [0.2, 0.25) is 5.92 Å². The molecule has 0 spiro atoms. The second kappa shape index (κ2) is 3.89. The molecule has 1 rings (SSSR count). The molecule has 0 radical (unpaired) electrons. The first-order chi connectivity index (χ1) is 6.03. The van der Waals surface area contributed by atoms with Gasteiger partial charge < -0.3 is 10.1 Å². The first-order valence-corrected chi connectivity index (χ1v) is 4.34. The summed E-state index contributed by atoms with van der Waals surface area (Å²) in [4.78, 5) is 10.8. The average Bonchev–Trinajstić information content (AvgIpc) is 2.30. The number of carbonyl (C=O) groups excluding carboxylic acids is 1. The zero-order valence-electron chi connectivity index (χ0n) is 7.48. The van der Waals surface area contributed by atoms with Crippen LogP contribution in [0.2, 0.25) is 0 Å². The zero-order valence-corrected chi connectivity index (χ0v) is 7.48. The number of hydrogen-bond donors (Lipinski definition) is 1. The molecule has 5 heteroatoms. The maximum atomic E-state index is 12.6. The highest BCUT2D eigenvalue weighted by molar-refractivity contribution is 5.67. The fraction of sp³-hybridized carbons (Fsp3) is 0.875. The molecule has 76 valence electrons. The van der Waals surface area contributed by atoms with Crippen LogP contribution in [-0.4, -0.2) is 24.7 Å². The average molecular weight is 193 g/mol. The molecule has 0 aromatic rings. The van der Waals surface area contributed by atoms with Crippen molar-refractivity contribution in [2.75, 3.05) is 6.61 Å². The van der Waals surface area contributed by atoms with E-state index in [2.05, 4.69) is 10.1 Å². The molecule has 0 bridgehead atoms. The molecule has 1 aliphatic carbocycles. The van der Waals surface area contributed by atoms with Crippen LogP contribution in [0.3, 0.4) is 0 Å². The summed E-state index contributed by atoms with van der Waals surface area (Å²) in [5.41, 5.74) is 0. The minimum absolute atomic E-state index is 0.149. The Bertz CT molecular complexity index is 197. The lowest BCUT2D eigenvalue weighted by Gasteiger charge is -2.12. The normalized spacial score (nSPS) is 25.6. The zero-order chi connectivity index (χ0) is 9.90. The number of carbonyl (C=O) groups is 1. The van der Waals surface area contributed by atoms with Crippen molar-refractivity contribution in [3.8, 4) is 0 Å². The molecule has 1 saturated carbocycles. The Morgan fingerprint density at radius 3 is 2.85 bits per heavy atom. The van der Waals surface area contributed by atoms with E-state index in [-0.39, 0.29) is 19.4 Å². The molecule has 0 aliphatic heterocycles. The van der Waals surface area contributed by atoms with Crippen LogP contribution in [0.5, 0.6) is 0 Å². The lowest BCUT2D eigenvalue weighted by molar-refractivity contribution is 0.00700. The van der Waals surface area contributed by atoms with Crippen LogP contribution < -0.4 is 5.32 Å². The molecular formula is C8H13F2NO2. The highest BCUT2D eigenvalue weighted by Crippen LogP contribution is 2.34. The van der Waals surface area contributed by atoms with Gasteiger partial charge in [0.1, 0.15) is 0 Å². The predicted octanol–water partition coefficient (Wildman–Crippen LogP) is 1.92. The number of rotatable bonds is 2. The van der Waals surface area contributed by atoms with Crippen molar-refractivity contribution < 1.29 is 18.3 Å². The van der Waals surface area contributed by atoms with E-state index >= 15 is 0 Å². The Hall–Kier alpha value is -0.870. The smallest absolute Gasteiger partial charge is 0.407 e. The van der Waals surface area contributed by atoms with E-state index in [0.717, 1.165) is 0 Å². The first-order valence-electron chi connectivity index (χ1n) is 4.34. The van der Waals surface area contributed by atoms with Crippen LogP contribution in [0.4, 0.5) is 13.6 Å². The molecule has 0 heterocycles. The van der Waals surface area contributed by atoms with Gasteiger partial charge in [-0.15, -0.1) is 0 Å². The first kappa shape index (κ1) is 10.2. The molecule has 1 N–H and O–H groups in total. The van der Waals surface area contributed by atoms with E-state index in [1.807, 2.05) is 0 Å². The quantitative estimate of drug-likeness (QED) is 0.727. The second-order valence-electron chi connectivity index (χ2n) is 3.16. The van der Waals surface area contributed by atoms with Gasteiger partial charge >= 0.3 is 6.09 Å². The molecular weight excluding hydrogens is 180 g/mol. The van der Waals surface area contributed by atoms with Crippen LogP contribution in [0.1, 0.15) is 26.2 Å². The van der Waals surface area contributed by atoms with Gasteiger partial charge in [-0.2, -0.15) is 0 Å². The molecule has 0 aromatic carbocycles. The van der Waals surface area contributed by atoms with Crippen molar-refractivity contribution in [3.05, 3.63) is 0 Å². The van der Waals surface area contributed by atoms with Gasteiger partial charge in [-0.3, -0.25) is 0 Å². The lowest BCUT2D eigenvalue weighted by atomic mass is 10.2. The molecule has 0 saturated heterocycles. The minimum Gasteiger partial charge on any atom is -0.450 e. The van der Waals surface area contributed by atoms with Crippen LogP contribution in [0, 0.1) is 0 Å². The van der Waals surface area contributed by atoms with Gasteiger partial charge in [-0.05, 0) is 13.3 Å². The van der Waals surface area contributed by atoms with Crippen LogP contribution in [-0.2, 0) is 4.74 Å². The Balaban J connectivity index is 2.28. The third-order valence-electron chi connectivity index (χ3n) is 2.00. The SMILES string of the molecule is CCOC(=O)N[C@@H]1CCC(F)(F)C1. The van der Waals surface area contributed by atoms with Gasteiger partial charge in [-0.25, -0.2) is 13.6 Å². The van der Waals surface area contributed by atoms with Crippen molar-refractivity contribution in [3.63, 3.8) is 0 Å². The van der Waals surface area contributed by atoms with E-state index in [0.29, 0.717) is 6.42 Å². The summed E-state index contributed by atoms with van der Waals surface area (Å²) in [5.74, 6) is -2.62. The number of hydrogen-bond acceptors (Lipinski definition) is 2. The lowest BCUT2D eigenvalue weighted by Crippen LogP contribution is -2.34. The van der Waals surface area contributed by atoms with Gasteiger partial charge in [-0.1, -0.05) is 0 Å². The van der Waals surface area contributed by atoms with Crippen molar-refractivity contribution in [2.24, 2.45) is 0 Å². The Morgan fingerprint density at radius 1 is 1.69 bits per heavy atom. The summed E-state index contributed by atoms with van der Waals surface area (Å²) in [6, 6.07) is -0.436. The molecule has 3 nitrogen and oxygen atoms in total. The number of alkyl halides is 2. The predicted molar refractivity (Wildman–Crippen MR) is 42.7 cm³/mol. The molecule has 0 aromatic heterocycles. The van der Waals surface area contributed by atoms with Gasteiger partial charge in [0, 0.05) is 18.9 Å². The summed E-state index contributed by atoms with van der Waals surface area (Å²) >= 11 is 0. The van der Waals surface area contributed by atoms with Gasteiger partial charge in [0.05, 0.1) is 6.61 Å². The number of halogens is 2. The Labute approximate surface area is 75.4 Å². The van der Waals surface area contributed by atoms with E-state index < -0.39 is 18.1 Å². The van der Waals surface area contributed by atoms with Gasteiger partial charge in [0.25, 0.3) is 0 Å². The number of ether oxygens (including phenoxy) is 1. The summed E-state index contributed by atoms with van der Waals surface area (Å²) in [6.45, 7) is 1.93. The maximum Gasteiger partial charge on any atom is 0.407 e. The third-order valence-corrected chi connectivity index (χ3v) is 2.00. The molecule has 1 fully saturated rings. The second-order valence-corrected chi connectivity index (χ2v) is 3.16. The highest BCUT2D eigenvalue weighted by Gasteiger charge is 2.40. The van der Waals surface area contributed by atoms with Crippen molar-refractivity contribution in [2.45, 2.75) is 38.2 Å². The van der Waals surface area contributed by atoms with E-state index in [1.54, 1.807) is 6.92 Å². The highest BCUT2D eigenvalue weighted by atomic mass is 19.3. The Kier molecular flexibility index (Phi) is 3.06. The summed E-state index contributed by atoms with van der Waals surface area (Å²) in [5, 5.41) is 2.39. The van der Waals surface area contributed by atoms with E-state index in [1.165, 1.54) is 0 Å². The van der Waals surface area contributed by atoms with Crippen LogP contribution >= 0.6 is 0 Å². The van der Waals surface area contributed by atoms with Crippen molar-refractivity contribution in [1.82, 2.24) is 5.32 Å². The summed E-state index contributed by atoms with van der Waals surface area (Å²) in [7, 11) is 0. The molecule has 1 atom stereocenters. The fourth-order valence-electron chi connectivity index (χ4n) is 1.41. The third kappa shape index (κ3) is 3.16. The Morgan fingerprint density at radius 2 is 2.38 bits per heavy atom.